The van der Waals surface area contributed by atoms with Gasteiger partial charge in [-0.3, -0.25) is 0 Å². The Kier molecular flexibility index (Phi) is 23.9. The molecule has 3 heteroatoms. The molecule has 3 nitrogen and oxygen atoms in total. The van der Waals surface area contributed by atoms with Crippen molar-refractivity contribution in [2.75, 3.05) is 13.2 Å². The standard InChI is InChI=1S/C18H38O.C2H6O2/c1-5-9-11-13-15-17(7-3)19-18(8-4)16-14-12-10-6-2;3-1-2-4/h17-18H,5-16H2,1-4H3;3-4H,1-2H2. The van der Waals surface area contributed by atoms with Gasteiger partial charge in [-0.2, -0.15) is 0 Å². The molecule has 0 saturated carbocycles. The Labute approximate surface area is 145 Å². The van der Waals surface area contributed by atoms with E-state index in [0.717, 1.165) is 0 Å². The third-order valence-corrected chi connectivity index (χ3v) is 4.15. The highest BCUT2D eigenvalue weighted by molar-refractivity contribution is 4.63. The number of hydrogen-bond donors (Lipinski definition) is 2. The van der Waals surface area contributed by atoms with Crippen LogP contribution < -0.4 is 0 Å². The summed E-state index contributed by atoms with van der Waals surface area (Å²) in [4.78, 5) is 0. The highest BCUT2D eigenvalue weighted by atomic mass is 16.5. The molecule has 0 heterocycles. The first-order valence-electron chi connectivity index (χ1n) is 10.1. The Balaban J connectivity index is 0. The van der Waals surface area contributed by atoms with E-state index < -0.39 is 0 Å². The number of aliphatic hydroxyl groups excluding tert-OH is 2. The van der Waals surface area contributed by atoms with Crippen molar-refractivity contribution >= 4 is 0 Å². The van der Waals surface area contributed by atoms with Crippen molar-refractivity contribution in [2.45, 2.75) is 117 Å². The molecule has 2 N–H and O–H groups in total. The number of ether oxygens (including phenoxy) is 1. The first-order chi connectivity index (χ1) is 11.2. The molecule has 0 amide bonds. The van der Waals surface area contributed by atoms with E-state index >= 15 is 0 Å². The van der Waals surface area contributed by atoms with Gasteiger partial charge in [-0.1, -0.05) is 79.1 Å². The van der Waals surface area contributed by atoms with Crippen LogP contribution in [0, 0.1) is 0 Å². The van der Waals surface area contributed by atoms with Gasteiger partial charge in [-0.05, 0) is 25.7 Å². The third-order valence-electron chi connectivity index (χ3n) is 4.15. The molecular formula is C20H44O3. The largest absolute Gasteiger partial charge is 0.394 e. The Hall–Kier alpha value is -0.120. The van der Waals surface area contributed by atoms with Crippen LogP contribution in [0.4, 0.5) is 0 Å². The third kappa shape index (κ3) is 19.8. The van der Waals surface area contributed by atoms with Gasteiger partial charge in [0.1, 0.15) is 0 Å². The molecule has 142 valence electrons. The average molecular weight is 333 g/mol. The van der Waals surface area contributed by atoms with Crippen LogP contribution in [0.1, 0.15) is 105 Å². The van der Waals surface area contributed by atoms with E-state index in [1.54, 1.807) is 0 Å². The zero-order valence-electron chi connectivity index (χ0n) is 16.4. The summed E-state index contributed by atoms with van der Waals surface area (Å²) >= 11 is 0. The minimum atomic E-state index is -0.125. The smallest absolute Gasteiger partial charge is 0.0662 e. The second-order valence-electron chi connectivity index (χ2n) is 6.34. The lowest BCUT2D eigenvalue weighted by molar-refractivity contribution is -0.0257. The van der Waals surface area contributed by atoms with Crippen LogP contribution >= 0.6 is 0 Å². The molecular weight excluding hydrogens is 288 g/mol. The van der Waals surface area contributed by atoms with Crippen LogP contribution in [0.3, 0.4) is 0 Å². The van der Waals surface area contributed by atoms with E-state index in [-0.39, 0.29) is 13.2 Å². The van der Waals surface area contributed by atoms with Crippen molar-refractivity contribution in [3.63, 3.8) is 0 Å². The Morgan fingerprint density at radius 2 is 1.00 bits per heavy atom. The van der Waals surface area contributed by atoms with Crippen molar-refractivity contribution < 1.29 is 14.9 Å². The van der Waals surface area contributed by atoms with Gasteiger partial charge in [0.05, 0.1) is 25.4 Å². The molecule has 2 unspecified atom stereocenters. The fourth-order valence-corrected chi connectivity index (χ4v) is 2.61. The van der Waals surface area contributed by atoms with Gasteiger partial charge in [-0.25, -0.2) is 0 Å². The number of unbranched alkanes of at least 4 members (excludes halogenated alkanes) is 6. The Morgan fingerprint density at radius 3 is 1.26 bits per heavy atom. The van der Waals surface area contributed by atoms with Crippen molar-refractivity contribution in [2.24, 2.45) is 0 Å². The molecule has 2 atom stereocenters. The fourth-order valence-electron chi connectivity index (χ4n) is 2.61. The molecule has 0 saturated heterocycles. The molecule has 0 aromatic heterocycles. The van der Waals surface area contributed by atoms with Crippen molar-refractivity contribution in [3.8, 4) is 0 Å². The van der Waals surface area contributed by atoms with Crippen LogP contribution in [0.5, 0.6) is 0 Å². The van der Waals surface area contributed by atoms with Gasteiger partial charge in [-0.15, -0.1) is 0 Å². The van der Waals surface area contributed by atoms with E-state index in [0.29, 0.717) is 12.2 Å². The minimum Gasteiger partial charge on any atom is -0.394 e. The van der Waals surface area contributed by atoms with Crippen molar-refractivity contribution in [1.29, 1.82) is 0 Å². The van der Waals surface area contributed by atoms with Crippen LogP contribution in [0.2, 0.25) is 0 Å². The fraction of sp³-hybridized carbons (Fsp3) is 1.00. The van der Waals surface area contributed by atoms with Gasteiger partial charge in [0.15, 0.2) is 0 Å². The van der Waals surface area contributed by atoms with E-state index in [4.69, 9.17) is 14.9 Å². The summed E-state index contributed by atoms with van der Waals surface area (Å²) in [5.74, 6) is 0. The predicted octanol–water partition coefficient (Wildman–Crippen LogP) is 5.47. The zero-order chi connectivity index (χ0) is 17.8. The quantitative estimate of drug-likeness (QED) is 0.391. The van der Waals surface area contributed by atoms with Gasteiger partial charge in [0.25, 0.3) is 0 Å². The lowest BCUT2D eigenvalue weighted by atomic mass is 10.0. The van der Waals surface area contributed by atoms with Crippen LogP contribution in [0.25, 0.3) is 0 Å². The second kappa shape index (κ2) is 21.9. The summed E-state index contributed by atoms with van der Waals surface area (Å²) in [6.07, 6.45) is 16.8. The first kappa shape index (κ1) is 25.1. The molecule has 0 aromatic carbocycles. The molecule has 0 aliphatic rings. The van der Waals surface area contributed by atoms with E-state index in [1.807, 2.05) is 0 Å². The van der Waals surface area contributed by atoms with E-state index in [9.17, 15) is 0 Å². The normalized spacial score (nSPS) is 13.3. The van der Waals surface area contributed by atoms with Gasteiger partial charge in [0.2, 0.25) is 0 Å². The van der Waals surface area contributed by atoms with Crippen LogP contribution in [0.15, 0.2) is 0 Å². The van der Waals surface area contributed by atoms with Crippen LogP contribution in [-0.4, -0.2) is 35.6 Å². The monoisotopic (exact) mass is 332 g/mol. The Morgan fingerprint density at radius 1 is 0.609 bits per heavy atom. The topological polar surface area (TPSA) is 49.7 Å². The second-order valence-corrected chi connectivity index (χ2v) is 6.34. The molecule has 0 aliphatic carbocycles. The maximum Gasteiger partial charge on any atom is 0.0662 e. The maximum absolute atomic E-state index is 7.62. The average Bonchev–Trinajstić information content (AvgIpc) is 2.59. The lowest BCUT2D eigenvalue weighted by Crippen LogP contribution is -2.21. The van der Waals surface area contributed by atoms with Gasteiger partial charge >= 0.3 is 0 Å². The molecule has 0 fully saturated rings. The maximum atomic E-state index is 7.62. The molecule has 23 heavy (non-hydrogen) atoms. The van der Waals surface area contributed by atoms with Gasteiger partial charge < -0.3 is 14.9 Å². The minimum absolute atomic E-state index is 0.125. The van der Waals surface area contributed by atoms with Crippen molar-refractivity contribution in [3.05, 3.63) is 0 Å². The highest BCUT2D eigenvalue weighted by Crippen LogP contribution is 2.18. The summed E-state index contributed by atoms with van der Waals surface area (Å²) in [6.45, 7) is 8.84. The highest BCUT2D eigenvalue weighted by Gasteiger charge is 2.13. The number of hydrogen-bond acceptors (Lipinski definition) is 3. The summed E-state index contributed by atoms with van der Waals surface area (Å²) < 4.78 is 6.31. The summed E-state index contributed by atoms with van der Waals surface area (Å²) in [5, 5.41) is 15.2. The predicted molar refractivity (Wildman–Crippen MR) is 101 cm³/mol. The SMILES string of the molecule is CCCCCCC(CC)OC(CC)CCCCCC.OCCO. The first-order valence-corrected chi connectivity index (χ1v) is 10.1. The van der Waals surface area contributed by atoms with E-state index in [1.165, 1.54) is 77.0 Å². The molecule has 0 radical (unpaired) electrons. The van der Waals surface area contributed by atoms with Crippen molar-refractivity contribution in [1.82, 2.24) is 0 Å². The molecule has 0 aliphatic heterocycles. The zero-order valence-corrected chi connectivity index (χ0v) is 16.4. The summed E-state index contributed by atoms with van der Waals surface area (Å²) in [6, 6.07) is 0. The number of rotatable bonds is 15. The molecule has 0 bridgehead atoms. The summed E-state index contributed by atoms with van der Waals surface area (Å²) in [7, 11) is 0. The summed E-state index contributed by atoms with van der Waals surface area (Å²) in [5.41, 5.74) is 0. The van der Waals surface area contributed by atoms with Gasteiger partial charge in [0, 0.05) is 0 Å². The lowest BCUT2D eigenvalue weighted by Gasteiger charge is -2.23. The molecule has 0 spiro atoms. The van der Waals surface area contributed by atoms with Crippen LogP contribution in [-0.2, 0) is 4.74 Å². The molecule has 0 aromatic rings. The van der Waals surface area contributed by atoms with E-state index in [2.05, 4.69) is 27.7 Å². The Bertz CT molecular complexity index is 177. The number of aliphatic hydroxyl groups is 2. The molecule has 0 rings (SSSR count).